The fourth-order valence-corrected chi connectivity index (χ4v) is 10.5. The Hall–Kier alpha value is -8.09. The molecule has 72 heavy (non-hydrogen) atoms. The number of hydrogen-bond donors (Lipinski definition) is 0. The first-order chi connectivity index (χ1) is 34.6. The van der Waals surface area contributed by atoms with Crippen LogP contribution in [0.1, 0.15) is 79.0 Å². The van der Waals surface area contributed by atoms with Gasteiger partial charge in [0.2, 0.25) is 0 Å². The summed E-state index contributed by atoms with van der Waals surface area (Å²) in [6.07, 6.45) is 1.93. The molecule has 0 fully saturated rings. The lowest BCUT2D eigenvalue weighted by molar-refractivity contribution is 0.483. The number of aromatic nitrogens is 2. The summed E-state index contributed by atoms with van der Waals surface area (Å²) in [5.74, 6) is 2.38. The van der Waals surface area contributed by atoms with Crippen molar-refractivity contribution in [3.63, 3.8) is 0 Å². The van der Waals surface area contributed by atoms with Crippen LogP contribution in [0.2, 0.25) is 0 Å². The Morgan fingerprint density at radius 2 is 1.15 bits per heavy atom. The van der Waals surface area contributed by atoms with E-state index >= 15 is 0 Å². The highest BCUT2D eigenvalue weighted by Gasteiger charge is 2.34. The van der Waals surface area contributed by atoms with Gasteiger partial charge in [-0.05, 0) is 117 Å². The fraction of sp³-hybridized carbons (Fsp3) is 0.197. The van der Waals surface area contributed by atoms with Gasteiger partial charge in [0.05, 0.1) is 22.4 Å². The van der Waals surface area contributed by atoms with E-state index in [2.05, 4.69) is 253 Å². The Kier molecular flexibility index (Phi) is 10.5. The Balaban J connectivity index is 0.980. The second-order valence-electron chi connectivity index (χ2n) is 22.6. The molecule has 0 atom stereocenters. The highest BCUT2D eigenvalue weighted by Crippen LogP contribution is 2.52. The predicted octanol–water partition coefficient (Wildman–Crippen LogP) is 18.3. The van der Waals surface area contributed by atoms with Crippen LogP contribution in [0.3, 0.4) is 0 Å². The number of ether oxygens (including phenoxy) is 1. The van der Waals surface area contributed by atoms with E-state index in [1.807, 2.05) is 12.3 Å². The van der Waals surface area contributed by atoms with Crippen LogP contribution < -0.4 is 14.5 Å². The molecular weight excluding hydrogens is 881 g/mol. The van der Waals surface area contributed by atoms with Gasteiger partial charge in [-0.15, -0.1) is 0 Å². The molecule has 3 aromatic heterocycles. The second kappa shape index (κ2) is 16.8. The standard InChI is InChI=1S/C66H60N4O2/c1-64(2,3)44-32-33-67-61(38-44)70-57-31-28-43(42-18-11-10-12-19-42)34-56(57)51-30-29-50(40-59(51)70)71-49-21-15-20-47(39-49)68-41-69(48-36-45(65(4,5)6)35-46(37-48)66(7,8)9)62-53(23-17-26-58(62)68)55-25-16-24-54-52-22-13-14-27-60(52)72-63(54)55/h10-40H,41H2,1-9H3. The molecular formula is C66H60N4O2. The number of pyridine rings is 1. The van der Waals surface area contributed by atoms with E-state index in [1.54, 1.807) is 0 Å². The van der Waals surface area contributed by atoms with E-state index in [-0.39, 0.29) is 16.2 Å². The highest BCUT2D eigenvalue weighted by molar-refractivity contribution is 6.12. The van der Waals surface area contributed by atoms with Crippen LogP contribution >= 0.6 is 0 Å². The molecule has 6 heteroatoms. The molecule has 11 aromatic rings. The van der Waals surface area contributed by atoms with Crippen molar-refractivity contribution in [3.05, 3.63) is 205 Å². The lowest BCUT2D eigenvalue weighted by Crippen LogP contribution is -2.25. The number of nitrogens with zero attached hydrogens (tertiary/aromatic N) is 4. The van der Waals surface area contributed by atoms with Crippen LogP contribution in [0.25, 0.3) is 71.8 Å². The SMILES string of the molecule is CC(C)(C)c1cc(N2CN(c3cccc(Oc4ccc5c6cc(-c7ccccc7)ccc6n(-c6cc(C(C)(C)C)ccn6)c5c4)c3)c3cccc(-c4cccc5c4oc4ccccc45)c32)cc(C(C)(C)C)c1. The van der Waals surface area contributed by atoms with Crippen molar-refractivity contribution in [1.82, 2.24) is 9.55 Å². The lowest BCUT2D eigenvalue weighted by Gasteiger charge is -2.30. The van der Waals surface area contributed by atoms with Crippen LogP contribution in [-0.2, 0) is 16.2 Å². The van der Waals surface area contributed by atoms with Gasteiger partial charge >= 0.3 is 0 Å². The number of furan rings is 1. The Bertz CT molecular complexity index is 3860. The number of rotatable bonds is 7. The Morgan fingerprint density at radius 3 is 1.93 bits per heavy atom. The maximum absolute atomic E-state index is 6.93. The zero-order valence-corrected chi connectivity index (χ0v) is 42.7. The molecule has 0 radical (unpaired) electrons. The van der Waals surface area contributed by atoms with Crippen LogP contribution in [0, 0.1) is 0 Å². The molecule has 356 valence electrons. The minimum atomic E-state index is -0.0568. The first-order valence-electron chi connectivity index (χ1n) is 25.2. The molecule has 0 saturated heterocycles. The minimum Gasteiger partial charge on any atom is -0.457 e. The van der Waals surface area contributed by atoms with E-state index in [4.69, 9.17) is 14.1 Å². The molecule has 6 nitrogen and oxygen atoms in total. The van der Waals surface area contributed by atoms with Crippen LogP contribution in [0.5, 0.6) is 11.5 Å². The van der Waals surface area contributed by atoms with Crippen molar-refractivity contribution in [2.24, 2.45) is 0 Å². The summed E-state index contributed by atoms with van der Waals surface area (Å²) >= 11 is 0. The molecule has 0 aliphatic carbocycles. The number of benzene rings is 8. The normalized spacial score (nSPS) is 13.2. The van der Waals surface area contributed by atoms with Gasteiger partial charge in [0.1, 0.15) is 35.2 Å². The highest BCUT2D eigenvalue weighted by atomic mass is 16.5. The second-order valence-corrected chi connectivity index (χ2v) is 22.6. The fourth-order valence-electron chi connectivity index (χ4n) is 10.5. The summed E-state index contributed by atoms with van der Waals surface area (Å²) < 4.78 is 15.9. The quantitative estimate of drug-likeness (QED) is 0.159. The van der Waals surface area contributed by atoms with Gasteiger partial charge in [-0.1, -0.05) is 159 Å². The summed E-state index contributed by atoms with van der Waals surface area (Å²) in [7, 11) is 0. The average Bonchev–Trinajstić information content (AvgIpc) is 4.06. The predicted molar refractivity (Wildman–Crippen MR) is 301 cm³/mol. The molecule has 1 aliphatic heterocycles. The molecule has 0 saturated carbocycles. The van der Waals surface area contributed by atoms with E-state index in [0.717, 1.165) is 89.6 Å². The van der Waals surface area contributed by atoms with Crippen molar-refractivity contribution in [1.29, 1.82) is 0 Å². The molecule has 0 unspecified atom stereocenters. The summed E-state index contributed by atoms with van der Waals surface area (Å²) in [6, 6.07) is 65.4. The molecule has 12 rings (SSSR count). The van der Waals surface area contributed by atoms with Gasteiger partial charge in [-0.2, -0.15) is 0 Å². The van der Waals surface area contributed by atoms with Crippen LogP contribution in [0.15, 0.2) is 193 Å². The van der Waals surface area contributed by atoms with E-state index < -0.39 is 0 Å². The van der Waals surface area contributed by atoms with E-state index in [1.165, 1.54) is 33.2 Å². The Morgan fingerprint density at radius 1 is 0.458 bits per heavy atom. The third-order valence-electron chi connectivity index (χ3n) is 14.6. The zero-order chi connectivity index (χ0) is 49.7. The van der Waals surface area contributed by atoms with Crippen molar-refractivity contribution in [2.75, 3.05) is 16.5 Å². The topological polar surface area (TPSA) is 46.7 Å². The lowest BCUT2D eigenvalue weighted by atomic mass is 9.80. The third-order valence-corrected chi connectivity index (χ3v) is 14.6. The summed E-state index contributed by atoms with van der Waals surface area (Å²) in [5, 5.41) is 4.54. The van der Waals surface area contributed by atoms with Crippen LogP contribution in [0.4, 0.5) is 22.7 Å². The van der Waals surface area contributed by atoms with Crippen molar-refractivity contribution < 1.29 is 9.15 Å². The Labute approximate surface area is 422 Å². The summed E-state index contributed by atoms with van der Waals surface area (Å²) in [6.45, 7) is 21.2. The number of anilines is 4. The van der Waals surface area contributed by atoms with Crippen molar-refractivity contribution in [3.8, 4) is 39.6 Å². The molecule has 4 heterocycles. The van der Waals surface area contributed by atoms with Gasteiger partial charge in [0.15, 0.2) is 0 Å². The van der Waals surface area contributed by atoms with Crippen LogP contribution in [-0.4, -0.2) is 16.2 Å². The minimum absolute atomic E-state index is 0.0426. The summed E-state index contributed by atoms with van der Waals surface area (Å²) in [5.41, 5.74) is 16.6. The van der Waals surface area contributed by atoms with Gasteiger partial charge in [-0.25, -0.2) is 4.98 Å². The maximum atomic E-state index is 6.93. The van der Waals surface area contributed by atoms with Gasteiger partial charge < -0.3 is 19.0 Å². The first kappa shape index (κ1) is 45.1. The monoisotopic (exact) mass is 940 g/mol. The van der Waals surface area contributed by atoms with E-state index in [0.29, 0.717) is 6.67 Å². The molecule has 0 spiro atoms. The number of para-hydroxylation sites is 3. The molecule has 0 N–H and O–H groups in total. The third kappa shape index (κ3) is 7.86. The molecule has 1 aliphatic rings. The van der Waals surface area contributed by atoms with Crippen molar-refractivity contribution >= 4 is 66.5 Å². The number of hydrogen-bond acceptors (Lipinski definition) is 5. The zero-order valence-electron chi connectivity index (χ0n) is 42.7. The maximum Gasteiger partial charge on any atom is 0.143 e. The number of fused-ring (bicyclic) bond motifs is 7. The van der Waals surface area contributed by atoms with Gasteiger partial charge in [0, 0.05) is 62.4 Å². The molecule has 0 amide bonds. The molecule has 0 bridgehead atoms. The summed E-state index contributed by atoms with van der Waals surface area (Å²) in [4.78, 5) is 9.91. The average molecular weight is 941 g/mol. The molecule has 8 aromatic carbocycles. The smallest absolute Gasteiger partial charge is 0.143 e. The van der Waals surface area contributed by atoms with E-state index in [9.17, 15) is 0 Å². The first-order valence-corrected chi connectivity index (χ1v) is 25.2. The van der Waals surface area contributed by atoms with Crippen molar-refractivity contribution in [2.45, 2.75) is 78.6 Å². The largest absolute Gasteiger partial charge is 0.457 e. The van der Waals surface area contributed by atoms with Gasteiger partial charge in [-0.3, -0.25) is 4.57 Å². The van der Waals surface area contributed by atoms with Gasteiger partial charge in [0.25, 0.3) is 0 Å².